The van der Waals surface area contributed by atoms with Crippen LogP contribution >= 0.6 is 23.2 Å². The van der Waals surface area contributed by atoms with Crippen LogP contribution in [-0.4, -0.2) is 15.0 Å². The van der Waals surface area contributed by atoms with E-state index in [1.54, 1.807) is 18.2 Å². The molecular weight excluding hydrogens is 263 g/mol. The highest BCUT2D eigenvalue weighted by Gasteiger charge is 2.07. The van der Waals surface area contributed by atoms with Crippen molar-refractivity contribution in [1.29, 1.82) is 0 Å². The van der Waals surface area contributed by atoms with Crippen molar-refractivity contribution < 1.29 is 4.74 Å². The number of hydrogen-bond acceptors (Lipinski definition) is 5. The summed E-state index contributed by atoms with van der Waals surface area (Å²) in [5, 5.41) is 0.613. The third kappa shape index (κ3) is 2.95. The number of nitrogens with zero attached hydrogens (tertiary/aromatic N) is 3. The Bertz CT molecular complexity index is 542. The van der Waals surface area contributed by atoms with Crippen LogP contribution in [0.3, 0.4) is 0 Å². The average Bonchev–Trinajstić information content (AvgIpc) is 2.21. The first-order valence-corrected chi connectivity index (χ1v) is 5.41. The van der Waals surface area contributed by atoms with Gasteiger partial charge < -0.3 is 10.5 Å². The summed E-state index contributed by atoms with van der Waals surface area (Å²) in [6.45, 7) is 1.85. The van der Waals surface area contributed by atoms with E-state index in [-0.39, 0.29) is 17.2 Å². The largest absolute Gasteiger partial charge is 0.424 e. The van der Waals surface area contributed by atoms with Gasteiger partial charge in [0.1, 0.15) is 5.75 Å². The van der Waals surface area contributed by atoms with Gasteiger partial charge in [-0.15, -0.1) is 0 Å². The molecule has 5 nitrogen and oxygen atoms in total. The number of rotatable bonds is 2. The zero-order valence-corrected chi connectivity index (χ0v) is 10.3. The second-order valence-electron chi connectivity index (χ2n) is 3.26. The molecule has 0 aliphatic carbocycles. The number of anilines is 1. The predicted octanol–water partition coefficient (Wildman–Crippen LogP) is 2.86. The third-order valence-corrected chi connectivity index (χ3v) is 2.35. The van der Waals surface area contributed by atoms with Crippen molar-refractivity contribution in [3.8, 4) is 11.8 Å². The molecule has 0 atom stereocenters. The average molecular weight is 271 g/mol. The molecule has 0 saturated heterocycles. The van der Waals surface area contributed by atoms with Crippen LogP contribution in [0.5, 0.6) is 11.8 Å². The highest BCUT2D eigenvalue weighted by molar-refractivity contribution is 6.30. The molecule has 2 N–H and O–H groups in total. The molecule has 2 aromatic rings. The number of aromatic nitrogens is 3. The van der Waals surface area contributed by atoms with E-state index >= 15 is 0 Å². The number of benzene rings is 1. The van der Waals surface area contributed by atoms with Gasteiger partial charge in [-0.2, -0.15) is 15.0 Å². The summed E-state index contributed by atoms with van der Waals surface area (Å²) in [5.41, 5.74) is 6.28. The Labute approximate surface area is 108 Å². The van der Waals surface area contributed by atoms with Crippen LogP contribution in [0.4, 0.5) is 5.95 Å². The molecule has 7 heteroatoms. The second-order valence-corrected chi connectivity index (χ2v) is 4.03. The van der Waals surface area contributed by atoms with Crippen molar-refractivity contribution in [1.82, 2.24) is 15.0 Å². The zero-order chi connectivity index (χ0) is 12.4. The van der Waals surface area contributed by atoms with E-state index < -0.39 is 0 Å². The van der Waals surface area contributed by atoms with Crippen molar-refractivity contribution in [2.24, 2.45) is 0 Å². The van der Waals surface area contributed by atoms with Crippen LogP contribution in [0.15, 0.2) is 18.2 Å². The summed E-state index contributed by atoms with van der Waals surface area (Å²) in [6.07, 6.45) is 0. The van der Waals surface area contributed by atoms with Gasteiger partial charge in [0.25, 0.3) is 0 Å². The molecule has 0 aliphatic rings. The van der Waals surface area contributed by atoms with Gasteiger partial charge in [0, 0.05) is 5.02 Å². The van der Waals surface area contributed by atoms with Gasteiger partial charge in [-0.05, 0) is 42.3 Å². The molecule has 0 amide bonds. The molecule has 0 bridgehead atoms. The van der Waals surface area contributed by atoms with Crippen LogP contribution in [-0.2, 0) is 0 Å². The summed E-state index contributed by atoms with van der Waals surface area (Å²) in [7, 11) is 0. The summed E-state index contributed by atoms with van der Waals surface area (Å²) >= 11 is 11.5. The second kappa shape index (κ2) is 4.73. The molecule has 0 radical (unpaired) electrons. The van der Waals surface area contributed by atoms with Gasteiger partial charge in [-0.3, -0.25) is 0 Å². The maximum absolute atomic E-state index is 5.83. The number of halogens is 2. The van der Waals surface area contributed by atoms with E-state index in [9.17, 15) is 0 Å². The maximum atomic E-state index is 5.83. The lowest BCUT2D eigenvalue weighted by Crippen LogP contribution is -2.00. The van der Waals surface area contributed by atoms with E-state index in [2.05, 4.69) is 15.0 Å². The molecular formula is C10H8Cl2N4O. The fourth-order valence-corrected chi connectivity index (χ4v) is 1.60. The molecule has 0 spiro atoms. The quantitative estimate of drug-likeness (QED) is 0.909. The first-order valence-electron chi connectivity index (χ1n) is 4.65. The van der Waals surface area contributed by atoms with Gasteiger partial charge in [-0.25, -0.2) is 0 Å². The fourth-order valence-electron chi connectivity index (χ4n) is 1.22. The molecule has 0 saturated carbocycles. The van der Waals surface area contributed by atoms with Gasteiger partial charge in [0.2, 0.25) is 11.2 Å². The van der Waals surface area contributed by atoms with Crippen molar-refractivity contribution >= 4 is 29.2 Å². The van der Waals surface area contributed by atoms with Gasteiger partial charge >= 0.3 is 6.01 Å². The smallest absolute Gasteiger partial charge is 0.328 e. The van der Waals surface area contributed by atoms with E-state index in [0.29, 0.717) is 10.8 Å². The van der Waals surface area contributed by atoms with E-state index in [1.165, 1.54) is 0 Å². The van der Waals surface area contributed by atoms with E-state index in [0.717, 1.165) is 5.56 Å². The first-order chi connectivity index (χ1) is 8.04. The van der Waals surface area contributed by atoms with Crippen LogP contribution in [0, 0.1) is 6.92 Å². The summed E-state index contributed by atoms with van der Waals surface area (Å²) < 4.78 is 5.44. The minimum absolute atomic E-state index is 0.00613. The summed E-state index contributed by atoms with van der Waals surface area (Å²) in [5.74, 6) is 0.586. The number of hydrogen-bond donors (Lipinski definition) is 1. The van der Waals surface area contributed by atoms with Crippen molar-refractivity contribution in [2.45, 2.75) is 6.92 Å². The van der Waals surface area contributed by atoms with Crippen molar-refractivity contribution in [3.05, 3.63) is 34.1 Å². The molecule has 17 heavy (non-hydrogen) atoms. The van der Waals surface area contributed by atoms with Crippen LogP contribution in [0.2, 0.25) is 10.3 Å². The molecule has 1 aromatic carbocycles. The number of aryl methyl sites for hydroxylation is 1. The Kier molecular flexibility index (Phi) is 3.31. The highest BCUT2D eigenvalue weighted by Crippen LogP contribution is 2.25. The molecule has 2 rings (SSSR count). The van der Waals surface area contributed by atoms with E-state index in [1.807, 2.05) is 6.92 Å². The Morgan fingerprint density at radius 1 is 1.18 bits per heavy atom. The molecule has 0 unspecified atom stereocenters. The number of nitrogen functional groups attached to an aromatic ring is 1. The lowest BCUT2D eigenvalue weighted by molar-refractivity contribution is 0.437. The maximum Gasteiger partial charge on any atom is 0.328 e. The van der Waals surface area contributed by atoms with E-state index in [4.69, 9.17) is 33.7 Å². The van der Waals surface area contributed by atoms with Crippen molar-refractivity contribution in [2.75, 3.05) is 5.73 Å². The normalized spacial score (nSPS) is 10.3. The number of nitrogens with two attached hydrogens (primary N) is 1. The Morgan fingerprint density at radius 3 is 2.59 bits per heavy atom. The van der Waals surface area contributed by atoms with Crippen molar-refractivity contribution in [3.63, 3.8) is 0 Å². The van der Waals surface area contributed by atoms with Crippen LogP contribution in [0.1, 0.15) is 5.56 Å². The number of ether oxygens (including phenoxy) is 1. The lowest BCUT2D eigenvalue weighted by Gasteiger charge is -2.07. The monoisotopic (exact) mass is 270 g/mol. The topological polar surface area (TPSA) is 73.9 Å². The highest BCUT2D eigenvalue weighted by atomic mass is 35.5. The fraction of sp³-hybridized carbons (Fsp3) is 0.100. The summed E-state index contributed by atoms with van der Waals surface area (Å²) in [4.78, 5) is 11.2. The predicted molar refractivity (Wildman–Crippen MR) is 65.5 cm³/mol. The Morgan fingerprint density at radius 2 is 1.94 bits per heavy atom. The molecule has 1 heterocycles. The standard InChI is InChI=1S/C10H8Cl2N4O/c1-5-4-6(11)2-3-7(5)17-10-15-8(12)14-9(13)16-10/h2-4H,1H3,(H2,13,14,15,16). The summed E-state index contributed by atoms with van der Waals surface area (Å²) in [6, 6.07) is 5.23. The first kappa shape index (κ1) is 11.9. The molecule has 0 aliphatic heterocycles. The lowest BCUT2D eigenvalue weighted by atomic mass is 10.2. The van der Waals surface area contributed by atoms with Gasteiger partial charge in [0.15, 0.2) is 0 Å². The minimum atomic E-state index is -0.0147. The third-order valence-electron chi connectivity index (χ3n) is 1.94. The van der Waals surface area contributed by atoms with Crippen LogP contribution in [0.25, 0.3) is 0 Å². The van der Waals surface area contributed by atoms with Gasteiger partial charge in [0.05, 0.1) is 0 Å². The molecule has 1 aromatic heterocycles. The molecule has 88 valence electrons. The molecule has 0 fully saturated rings. The van der Waals surface area contributed by atoms with Crippen LogP contribution < -0.4 is 10.5 Å². The minimum Gasteiger partial charge on any atom is -0.424 e. The SMILES string of the molecule is Cc1cc(Cl)ccc1Oc1nc(N)nc(Cl)n1. The Balaban J connectivity index is 2.31. The Hall–Kier alpha value is -1.59. The zero-order valence-electron chi connectivity index (χ0n) is 8.82. The van der Waals surface area contributed by atoms with Gasteiger partial charge in [-0.1, -0.05) is 11.6 Å².